The van der Waals surface area contributed by atoms with E-state index in [1.54, 1.807) is 0 Å². The summed E-state index contributed by atoms with van der Waals surface area (Å²) < 4.78 is 32.5. The van der Waals surface area contributed by atoms with Gasteiger partial charge < -0.3 is 28.4 Å². The van der Waals surface area contributed by atoms with Gasteiger partial charge in [0.1, 0.15) is 13.2 Å². The molecule has 0 unspecified atom stereocenters. The van der Waals surface area contributed by atoms with Crippen LogP contribution < -0.4 is 9.47 Å². The molecule has 0 spiro atoms. The van der Waals surface area contributed by atoms with E-state index in [-0.39, 0.29) is 5.97 Å². The molecule has 0 aliphatic carbocycles. The van der Waals surface area contributed by atoms with Gasteiger partial charge in [0.05, 0.1) is 46.8 Å². The third kappa shape index (κ3) is 7.72. The Morgan fingerprint density at radius 3 is 2.04 bits per heavy atom. The molecule has 0 aromatic heterocycles. The maximum absolute atomic E-state index is 11.3. The highest BCUT2D eigenvalue weighted by molar-refractivity contribution is 5.69. The predicted octanol–water partition coefficient (Wildman–Crippen LogP) is 1.61. The minimum atomic E-state index is -0.235. The number of carbonyl (C=O) groups excluding carboxylic acids is 1. The molecule has 1 aromatic carbocycles. The molecule has 0 bridgehead atoms. The van der Waals surface area contributed by atoms with Gasteiger partial charge in [0.15, 0.2) is 11.5 Å². The first-order valence-corrected chi connectivity index (χ1v) is 8.48. The van der Waals surface area contributed by atoms with Crippen LogP contribution in [0.15, 0.2) is 18.2 Å². The molecule has 0 fully saturated rings. The Morgan fingerprint density at radius 2 is 1.44 bits per heavy atom. The van der Waals surface area contributed by atoms with Crippen molar-refractivity contribution in [2.24, 2.45) is 0 Å². The van der Waals surface area contributed by atoms with E-state index in [1.165, 1.54) is 7.11 Å². The molecule has 0 radical (unpaired) electrons. The van der Waals surface area contributed by atoms with Crippen LogP contribution in [0.5, 0.6) is 11.5 Å². The fourth-order valence-electron chi connectivity index (χ4n) is 2.25. The number of fused-ring (bicyclic) bond motifs is 1. The summed E-state index contributed by atoms with van der Waals surface area (Å²) in [4.78, 5) is 11.3. The van der Waals surface area contributed by atoms with Crippen molar-refractivity contribution in [1.29, 1.82) is 0 Å². The fraction of sp³-hybridized carbons (Fsp3) is 0.611. The third-order valence-corrected chi connectivity index (χ3v) is 3.57. The SMILES string of the molecule is COC(=O)CCc1ccc2c(c1)OCCOCCOCCOCCO2. The maximum atomic E-state index is 11.3. The second-order valence-electron chi connectivity index (χ2n) is 5.39. The number of benzene rings is 1. The van der Waals surface area contributed by atoms with Crippen LogP contribution in [0.4, 0.5) is 0 Å². The maximum Gasteiger partial charge on any atom is 0.305 e. The number of ether oxygens (including phenoxy) is 6. The largest absolute Gasteiger partial charge is 0.487 e. The van der Waals surface area contributed by atoms with Gasteiger partial charge in [0, 0.05) is 6.42 Å². The van der Waals surface area contributed by atoms with Gasteiger partial charge in [-0.3, -0.25) is 4.79 Å². The molecule has 25 heavy (non-hydrogen) atoms. The summed E-state index contributed by atoms with van der Waals surface area (Å²) in [5.74, 6) is 1.05. The second kappa shape index (κ2) is 11.7. The Bertz CT molecular complexity index is 518. The van der Waals surface area contributed by atoms with E-state index in [0.717, 1.165) is 5.56 Å². The minimum absolute atomic E-state index is 0.235. The fourth-order valence-corrected chi connectivity index (χ4v) is 2.25. The molecule has 7 heteroatoms. The lowest BCUT2D eigenvalue weighted by Crippen LogP contribution is -2.13. The van der Waals surface area contributed by atoms with E-state index in [1.807, 2.05) is 18.2 Å². The third-order valence-electron chi connectivity index (χ3n) is 3.57. The zero-order valence-corrected chi connectivity index (χ0v) is 14.7. The zero-order valence-electron chi connectivity index (χ0n) is 14.7. The van der Waals surface area contributed by atoms with E-state index in [2.05, 4.69) is 4.74 Å². The standard InChI is InChI=1S/C18H26O7/c1-20-18(19)5-3-15-2-4-16-17(14-15)25-13-11-23-9-7-21-6-8-22-10-12-24-16/h2,4,14H,3,5-13H2,1H3. The van der Waals surface area contributed by atoms with Gasteiger partial charge in [-0.25, -0.2) is 0 Å². The summed E-state index contributed by atoms with van der Waals surface area (Å²) in [6.45, 7) is 3.90. The lowest BCUT2D eigenvalue weighted by molar-refractivity contribution is -0.140. The molecule has 0 saturated heterocycles. The van der Waals surface area contributed by atoms with Crippen molar-refractivity contribution in [1.82, 2.24) is 0 Å². The average molecular weight is 354 g/mol. The van der Waals surface area contributed by atoms with E-state index in [4.69, 9.17) is 23.7 Å². The van der Waals surface area contributed by atoms with Crippen LogP contribution in [0.2, 0.25) is 0 Å². The number of esters is 1. The number of aryl methyl sites for hydroxylation is 1. The van der Waals surface area contributed by atoms with Gasteiger partial charge in [-0.15, -0.1) is 0 Å². The number of carbonyl (C=O) groups is 1. The molecule has 0 amide bonds. The van der Waals surface area contributed by atoms with Crippen molar-refractivity contribution >= 4 is 5.97 Å². The van der Waals surface area contributed by atoms with Crippen molar-refractivity contribution in [3.05, 3.63) is 23.8 Å². The molecule has 1 heterocycles. The van der Waals surface area contributed by atoms with E-state index >= 15 is 0 Å². The molecule has 1 aliphatic rings. The molecular formula is C18H26O7. The topological polar surface area (TPSA) is 72.5 Å². The van der Waals surface area contributed by atoms with Crippen LogP contribution in [0.1, 0.15) is 12.0 Å². The first kappa shape index (κ1) is 19.5. The molecule has 2 rings (SSSR count). The number of methoxy groups -OCH3 is 1. The van der Waals surface area contributed by atoms with E-state index in [0.29, 0.717) is 77.2 Å². The van der Waals surface area contributed by atoms with Crippen molar-refractivity contribution in [2.75, 3.05) is 60.0 Å². The van der Waals surface area contributed by atoms with Crippen LogP contribution in [-0.2, 0) is 30.2 Å². The quantitative estimate of drug-likeness (QED) is 0.764. The Balaban J connectivity index is 1.97. The first-order chi connectivity index (χ1) is 12.3. The van der Waals surface area contributed by atoms with Gasteiger partial charge in [-0.1, -0.05) is 6.07 Å². The Labute approximate surface area is 148 Å². The number of hydrogen-bond acceptors (Lipinski definition) is 7. The normalized spacial score (nSPS) is 17.2. The van der Waals surface area contributed by atoms with E-state index in [9.17, 15) is 4.79 Å². The number of hydrogen-bond donors (Lipinski definition) is 0. The predicted molar refractivity (Wildman–Crippen MR) is 90.2 cm³/mol. The van der Waals surface area contributed by atoms with E-state index < -0.39 is 0 Å². The molecule has 1 aliphatic heterocycles. The summed E-state index contributed by atoms with van der Waals surface area (Å²) in [5, 5.41) is 0. The van der Waals surface area contributed by atoms with Crippen LogP contribution >= 0.6 is 0 Å². The highest BCUT2D eigenvalue weighted by atomic mass is 16.6. The Morgan fingerprint density at radius 1 is 0.880 bits per heavy atom. The van der Waals surface area contributed by atoms with Crippen molar-refractivity contribution in [3.63, 3.8) is 0 Å². The highest BCUT2D eigenvalue weighted by Crippen LogP contribution is 2.29. The summed E-state index contributed by atoms with van der Waals surface area (Å²) >= 11 is 0. The van der Waals surface area contributed by atoms with Crippen LogP contribution in [0.3, 0.4) is 0 Å². The van der Waals surface area contributed by atoms with Gasteiger partial charge in [-0.05, 0) is 24.1 Å². The molecule has 140 valence electrons. The zero-order chi connectivity index (χ0) is 17.7. The summed E-state index contributed by atoms with van der Waals surface area (Å²) in [6, 6.07) is 5.66. The molecule has 0 N–H and O–H groups in total. The van der Waals surface area contributed by atoms with Gasteiger partial charge >= 0.3 is 5.97 Å². The summed E-state index contributed by atoms with van der Waals surface area (Å²) in [7, 11) is 1.39. The lowest BCUT2D eigenvalue weighted by atomic mass is 10.1. The van der Waals surface area contributed by atoms with Crippen LogP contribution in [0, 0.1) is 0 Å². The molecule has 7 nitrogen and oxygen atoms in total. The smallest absolute Gasteiger partial charge is 0.305 e. The lowest BCUT2D eigenvalue weighted by Gasteiger charge is -2.14. The van der Waals surface area contributed by atoms with Crippen molar-refractivity contribution < 1.29 is 33.2 Å². The first-order valence-electron chi connectivity index (χ1n) is 8.48. The minimum Gasteiger partial charge on any atom is -0.487 e. The number of rotatable bonds is 3. The Kier molecular flexibility index (Phi) is 9.11. The average Bonchev–Trinajstić information content (AvgIpc) is 2.64. The highest BCUT2D eigenvalue weighted by Gasteiger charge is 2.09. The molecule has 1 aromatic rings. The van der Waals surface area contributed by atoms with Gasteiger partial charge in [0.2, 0.25) is 0 Å². The summed E-state index contributed by atoms with van der Waals surface area (Å²) in [6.07, 6.45) is 0.910. The summed E-state index contributed by atoms with van der Waals surface area (Å²) in [5.41, 5.74) is 0.983. The monoisotopic (exact) mass is 354 g/mol. The second-order valence-corrected chi connectivity index (χ2v) is 5.39. The molecule has 0 saturated carbocycles. The van der Waals surface area contributed by atoms with Crippen LogP contribution in [-0.4, -0.2) is 65.9 Å². The van der Waals surface area contributed by atoms with Crippen molar-refractivity contribution in [3.8, 4) is 11.5 Å². The molecule has 0 atom stereocenters. The Hall–Kier alpha value is -1.83. The van der Waals surface area contributed by atoms with Crippen molar-refractivity contribution in [2.45, 2.75) is 12.8 Å². The van der Waals surface area contributed by atoms with Gasteiger partial charge in [-0.2, -0.15) is 0 Å². The van der Waals surface area contributed by atoms with Crippen LogP contribution in [0.25, 0.3) is 0 Å². The van der Waals surface area contributed by atoms with Gasteiger partial charge in [0.25, 0.3) is 0 Å². The molecular weight excluding hydrogens is 328 g/mol.